The lowest BCUT2D eigenvalue weighted by atomic mass is 10.2. The number of para-hydroxylation sites is 2. The van der Waals surface area contributed by atoms with Gasteiger partial charge in [0.25, 0.3) is 5.91 Å². The van der Waals surface area contributed by atoms with Crippen LogP contribution < -0.4 is 25.6 Å². The summed E-state index contributed by atoms with van der Waals surface area (Å²) in [6.45, 7) is 5.86. The molecule has 0 unspecified atom stereocenters. The molecule has 190 valence electrons. The number of carbonyl (C=O) groups is 2. The Balaban J connectivity index is 1.14. The molecule has 0 aliphatic carbocycles. The van der Waals surface area contributed by atoms with E-state index in [9.17, 15) is 9.59 Å². The Morgan fingerprint density at radius 2 is 1.81 bits per heavy atom. The molecular formula is C27H33N5O3S. The Hall–Kier alpha value is -3.56. The topological polar surface area (TPSA) is 85.9 Å². The van der Waals surface area contributed by atoms with Crippen molar-refractivity contribution in [1.29, 1.82) is 0 Å². The number of hydrogen-bond acceptors (Lipinski definition) is 6. The van der Waals surface area contributed by atoms with Gasteiger partial charge in [0.15, 0.2) is 0 Å². The van der Waals surface area contributed by atoms with Crippen molar-refractivity contribution in [3.05, 3.63) is 76.5 Å². The zero-order valence-corrected chi connectivity index (χ0v) is 21.4. The minimum atomic E-state index is -0.271. The van der Waals surface area contributed by atoms with Gasteiger partial charge in [-0.1, -0.05) is 24.3 Å². The van der Waals surface area contributed by atoms with E-state index in [0.717, 1.165) is 55.5 Å². The fourth-order valence-electron chi connectivity index (χ4n) is 4.20. The van der Waals surface area contributed by atoms with Crippen LogP contribution in [0.2, 0.25) is 0 Å². The molecule has 3 N–H and O–H groups in total. The van der Waals surface area contributed by atoms with Crippen LogP contribution in [0.15, 0.2) is 66.0 Å². The first kappa shape index (κ1) is 25.5. The molecule has 0 radical (unpaired) electrons. The number of thiophene rings is 1. The molecule has 1 aliphatic rings. The maximum Gasteiger partial charge on any atom is 0.319 e. The van der Waals surface area contributed by atoms with Crippen LogP contribution in [0.3, 0.4) is 0 Å². The number of ether oxygens (including phenoxy) is 1. The second-order valence-electron chi connectivity index (χ2n) is 8.58. The number of anilines is 2. The molecular weight excluding hydrogens is 474 g/mol. The first-order chi connectivity index (χ1) is 17.6. The highest BCUT2D eigenvalue weighted by atomic mass is 32.1. The van der Waals surface area contributed by atoms with Crippen molar-refractivity contribution in [3.8, 4) is 5.75 Å². The number of nitrogens with zero attached hydrogens (tertiary/aromatic N) is 2. The summed E-state index contributed by atoms with van der Waals surface area (Å²) in [5.41, 5.74) is 2.24. The Bertz CT molecular complexity index is 1130. The number of methoxy groups -OCH3 is 1. The van der Waals surface area contributed by atoms with E-state index in [1.165, 1.54) is 0 Å². The number of amides is 3. The summed E-state index contributed by atoms with van der Waals surface area (Å²) in [4.78, 5) is 30.6. The molecule has 36 heavy (non-hydrogen) atoms. The van der Waals surface area contributed by atoms with Gasteiger partial charge in [-0.15, -0.1) is 11.3 Å². The van der Waals surface area contributed by atoms with E-state index in [1.807, 2.05) is 35.7 Å². The van der Waals surface area contributed by atoms with Crippen LogP contribution in [0.4, 0.5) is 16.2 Å². The zero-order valence-electron chi connectivity index (χ0n) is 20.5. The van der Waals surface area contributed by atoms with Crippen LogP contribution in [0, 0.1) is 0 Å². The van der Waals surface area contributed by atoms with Crippen LogP contribution in [-0.2, 0) is 6.54 Å². The average Bonchev–Trinajstić information content (AvgIpc) is 3.44. The third-order valence-corrected chi connectivity index (χ3v) is 7.00. The van der Waals surface area contributed by atoms with Crippen LogP contribution in [0.25, 0.3) is 0 Å². The van der Waals surface area contributed by atoms with Gasteiger partial charge in [0.05, 0.1) is 19.3 Å². The van der Waals surface area contributed by atoms with Gasteiger partial charge in [0.1, 0.15) is 5.75 Å². The molecule has 1 aliphatic heterocycles. The van der Waals surface area contributed by atoms with Crippen molar-refractivity contribution in [3.63, 3.8) is 0 Å². The molecule has 8 nitrogen and oxygen atoms in total. The third kappa shape index (κ3) is 7.22. The van der Waals surface area contributed by atoms with Crippen LogP contribution in [-0.4, -0.2) is 63.2 Å². The molecule has 2 aromatic carbocycles. The second-order valence-corrected chi connectivity index (χ2v) is 9.61. The zero-order chi connectivity index (χ0) is 25.2. The van der Waals surface area contributed by atoms with Gasteiger partial charge in [0.2, 0.25) is 0 Å². The Morgan fingerprint density at radius 3 is 2.58 bits per heavy atom. The van der Waals surface area contributed by atoms with E-state index in [2.05, 4.69) is 31.8 Å². The minimum absolute atomic E-state index is 0.168. The fourth-order valence-corrected chi connectivity index (χ4v) is 4.85. The molecule has 2 heterocycles. The third-order valence-electron chi connectivity index (χ3n) is 6.12. The quantitative estimate of drug-likeness (QED) is 0.361. The summed E-state index contributed by atoms with van der Waals surface area (Å²) in [5, 5.41) is 10.6. The van der Waals surface area contributed by atoms with E-state index in [1.54, 1.807) is 42.7 Å². The normalized spacial score (nSPS) is 13.8. The molecule has 0 saturated carbocycles. The lowest BCUT2D eigenvalue weighted by Gasteiger charge is -2.36. The maximum atomic E-state index is 12.4. The summed E-state index contributed by atoms with van der Waals surface area (Å²) in [7, 11) is 1.71. The van der Waals surface area contributed by atoms with Crippen molar-refractivity contribution in [2.45, 2.75) is 13.0 Å². The average molecular weight is 508 g/mol. The molecule has 0 spiro atoms. The van der Waals surface area contributed by atoms with E-state index >= 15 is 0 Å². The summed E-state index contributed by atoms with van der Waals surface area (Å²) < 4.78 is 5.49. The molecule has 3 aromatic rings. The predicted octanol–water partition coefficient (Wildman–Crippen LogP) is 4.02. The van der Waals surface area contributed by atoms with E-state index in [0.29, 0.717) is 24.3 Å². The van der Waals surface area contributed by atoms with Gasteiger partial charge >= 0.3 is 6.03 Å². The van der Waals surface area contributed by atoms with Crippen molar-refractivity contribution in [2.24, 2.45) is 0 Å². The van der Waals surface area contributed by atoms with Crippen LogP contribution >= 0.6 is 11.3 Å². The van der Waals surface area contributed by atoms with Gasteiger partial charge in [-0.2, -0.15) is 0 Å². The largest absolute Gasteiger partial charge is 0.495 e. The lowest BCUT2D eigenvalue weighted by molar-refractivity contribution is 0.0951. The number of benzene rings is 2. The summed E-state index contributed by atoms with van der Waals surface area (Å²) >= 11 is 1.60. The number of piperazine rings is 1. The van der Waals surface area contributed by atoms with E-state index < -0.39 is 0 Å². The lowest BCUT2D eigenvalue weighted by Crippen LogP contribution is -2.47. The number of rotatable bonds is 10. The monoisotopic (exact) mass is 507 g/mol. The number of urea groups is 1. The Kier molecular flexibility index (Phi) is 9.18. The molecule has 0 bridgehead atoms. The van der Waals surface area contributed by atoms with E-state index in [-0.39, 0.29) is 11.9 Å². The minimum Gasteiger partial charge on any atom is -0.495 e. The molecule has 1 fully saturated rings. The van der Waals surface area contributed by atoms with Crippen molar-refractivity contribution in [1.82, 2.24) is 15.5 Å². The maximum absolute atomic E-state index is 12.4. The Labute approximate surface area is 216 Å². The van der Waals surface area contributed by atoms with Crippen molar-refractivity contribution in [2.75, 3.05) is 56.6 Å². The van der Waals surface area contributed by atoms with E-state index in [4.69, 9.17) is 4.74 Å². The van der Waals surface area contributed by atoms with Gasteiger partial charge in [-0.05, 0) is 54.7 Å². The smallest absolute Gasteiger partial charge is 0.319 e. The highest BCUT2D eigenvalue weighted by Crippen LogP contribution is 2.28. The van der Waals surface area contributed by atoms with Crippen molar-refractivity contribution >= 4 is 34.6 Å². The summed E-state index contributed by atoms with van der Waals surface area (Å²) in [6, 6.07) is 18.8. The number of carbonyl (C=O) groups excluding carboxylic acids is 2. The SMILES string of the molecule is COc1ccccc1N1CCN(CCCNC(=O)Nc2cccc(C(=O)NCc3cccs3)c2)CC1. The van der Waals surface area contributed by atoms with Gasteiger partial charge < -0.3 is 25.6 Å². The Morgan fingerprint density at radius 1 is 0.972 bits per heavy atom. The molecule has 0 atom stereocenters. The van der Waals surface area contributed by atoms with Gasteiger partial charge in [-0.3, -0.25) is 9.69 Å². The first-order valence-corrected chi connectivity index (χ1v) is 13.1. The molecule has 3 amide bonds. The standard InChI is InChI=1S/C27H33N5O3S/c1-35-25-11-3-2-10-24(25)32-16-14-31(15-17-32)13-6-12-28-27(34)30-22-8-4-7-21(19-22)26(33)29-20-23-9-5-18-36-23/h2-5,7-11,18-19H,6,12-17,20H2,1H3,(H,29,33)(H2,28,30,34). The molecule has 9 heteroatoms. The number of nitrogens with one attached hydrogen (secondary N) is 3. The highest BCUT2D eigenvalue weighted by Gasteiger charge is 2.19. The second kappa shape index (κ2) is 12.9. The molecule has 1 aromatic heterocycles. The first-order valence-electron chi connectivity index (χ1n) is 12.2. The summed E-state index contributed by atoms with van der Waals surface area (Å²) in [5.74, 6) is 0.740. The van der Waals surface area contributed by atoms with Crippen molar-refractivity contribution < 1.29 is 14.3 Å². The van der Waals surface area contributed by atoms with Gasteiger partial charge in [-0.25, -0.2) is 4.79 Å². The van der Waals surface area contributed by atoms with Crippen LogP contribution in [0.1, 0.15) is 21.7 Å². The molecule has 4 rings (SSSR count). The molecule has 1 saturated heterocycles. The van der Waals surface area contributed by atoms with Crippen LogP contribution in [0.5, 0.6) is 5.75 Å². The van der Waals surface area contributed by atoms with Gasteiger partial charge in [0, 0.05) is 48.9 Å². The predicted molar refractivity (Wildman–Crippen MR) is 145 cm³/mol. The number of hydrogen-bond donors (Lipinski definition) is 3. The highest BCUT2D eigenvalue weighted by molar-refractivity contribution is 7.09. The summed E-state index contributed by atoms with van der Waals surface area (Å²) in [6.07, 6.45) is 0.868. The fraction of sp³-hybridized carbons (Fsp3) is 0.333.